The number of carbonyl (C=O) groups is 2. The summed E-state index contributed by atoms with van der Waals surface area (Å²) >= 11 is 1.68. The van der Waals surface area contributed by atoms with Gasteiger partial charge >= 0.3 is 0 Å². The Kier molecular flexibility index (Phi) is 6.96. The molecule has 2 atom stereocenters. The third kappa shape index (κ3) is 5.18. The summed E-state index contributed by atoms with van der Waals surface area (Å²) in [6, 6.07) is 13.8. The van der Waals surface area contributed by atoms with Gasteiger partial charge in [-0.05, 0) is 25.3 Å². The molecule has 0 spiro atoms. The molecule has 1 heterocycles. The van der Waals surface area contributed by atoms with Gasteiger partial charge in [0.1, 0.15) is 12.1 Å². The highest BCUT2D eigenvalue weighted by molar-refractivity contribution is 7.10. The van der Waals surface area contributed by atoms with Crippen molar-refractivity contribution in [2.24, 2.45) is 0 Å². The van der Waals surface area contributed by atoms with Crippen molar-refractivity contribution in [3.8, 4) is 0 Å². The SMILES string of the molecule is CCNC(=O)[C@H](C)NC(=O)C[NH2+][C@@H](c1ccccc1)c1cccs1. The van der Waals surface area contributed by atoms with Crippen LogP contribution in [0.1, 0.15) is 30.3 Å². The number of likely N-dealkylation sites (N-methyl/N-ethyl adjacent to an activating group) is 1. The van der Waals surface area contributed by atoms with Crippen molar-refractivity contribution >= 4 is 23.2 Å². The molecule has 6 heteroatoms. The predicted octanol–water partition coefficient (Wildman–Crippen LogP) is 1.04. The molecule has 128 valence electrons. The van der Waals surface area contributed by atoms with Gasteiger partial charge in [-0.15, -0.1) is 11.3 Å². The Labute approximate surface area is 146 Å². The normalized spacial score (nSPS) is 13.1. The van der Waals surface area contributed by atoms with E-state index in [0.717, 1.165) is 5.56 Å². The zero-order valence-corrected chi connectivity index (χ0v) is 14.8. The van der Waals surface area contributed by atoms with Crippen LogP contribution in [0.5, 0.6) is 0 Å². The Morgan fingerprint density at radius 2 is 1.92 bits per heavy atom. The van der Waals surface area contributed by atoms with Crippen LogP contribution in [-0.4, -0.2) is 30.9 Å². The topological polar surface area (TPSA) is 74.8 Å². The van der Waals surface area contributed by atoms with E-state index in [1.54, 1.807) is 18.3 Å². The summed E-state index contributed by atoms with van der Waals surface area (Å²) in [4.78, 5) is 25.0. The van der Waals surface area contributed by atoms with Gasteiger partial charge in [-0.25, -0.2) is 0 Å². The minimum Gasteiger partial charge on any atom is -0.355 e. The summed E-state index contributed by atoms with van der Waals surface area (Å²) in [7, 11) is 0. The lowest BCUT2D eigenvalue weighted by Crippen LogP contribution is -2.87. The quantitative estimate of drug-likeness (QED) is 0.668. The molecule has 0 saturated heterocycles. The number of nitrogens with two attached hydrogens (primary N) is 1. The number of nitrogens with one attached hydrogen (secondary N) is 2. The molecule has 2 amide bonds. The lowest BCUT2D eigenvalue weighted by atomic mass is 10.1. The Morgan fingerprint density at radius 1 is 1.17 bits per heavy atom. The van der Waals surface area contributed by atoms with Crippen LogP contribution in [-0.2, 0) is 9.59 Å². The molecular weight excluding hydrogens is 322 g/mol. The van der Waals surface area contributed by atoms with E-state index < -0.39 is 6.04 Å². The standard InChI is InChI=1S/C18H23N3O2S/c1-3-19-18(23)13(2)21-16(22)12-20-17(15-10-7-11-24-15)14-8-5-4-6-9-14/h4-11,13,17,20H,3,12H2,1-2H3,(H,19,23)(H,21,22)/p+1/t13-,17-/m0/s1. The molecule has 0 bridgehead atoms. The molecule has 1 aromatic carbocycles. The largest absolute Gasteiger partial charge is 0.355 e. The third-order valence-corrected chi connectivity index (χ3v) is 4.62. The number of carbonyl (C=O) groups excluding carboxylic acids is 2. The van der Waals surface area contributed by atoms with Gasteiger partial charge in [0, 0.05) is 12.1 Å². The first-order chi connectivity index (χ1) is 11.6. The molecule has 24 heavy (non-hydrogen) atoms. The summed E-state index contributed by atoms with van der Waals surface area (Å²) in [6.07, 6.45) is 0. The Bertz CT molecular complexity index is 644. The summed E-state index contributed by atoms with van der Waals surface area (Å²) in [5, 5.41) is 9.48. The first-order valence-electron chi connectivity index (χ1n) is 8.10. The zero-order valence-electron chi connectivity index (χ0n) is 14.0. The highest BCUT2D eigenvalue weighted by Gasteiger charge is 2.21. The fraction of sp³-hybridized carbons (Fsp3) is 0.333. The summed E-state index contributed by atoms with van der Waals surface area (Å²) in [6.45, 7) is 4.36. The van der Waals surface area contributed by atoms with Gasteiger partial charge in [-0.1, -0.05) is 36.4 Å². The molecular formula is C18H24N3O2S+. The van der Waals surface area contributed by atoms with E-state index in [1.165, 1.54) is 4.88 Å². The van der Waals surface area contributed by atoms with Crippen LogP contribution in [0.15, 0.2) is 47.8 Å². The van der Waals surface area contributed by atoms with Gasteiger partial charge in [-0.2, -0.15) is 0 Å². The second kappa shape index (κ2) is 9.20. The number of amides is 2. The van der Waals surface area contributed by atoms with Gasteiger partial charge in [0.05, 0.1) is 4.88 Å². The Hall–Kier alpha value is -2.18. The molecule has 0 aliphatic carbocycles. The predicted molar refractivity (Wildman–Crippen MR) is 95.7 cm³/mol. The summed E-state index contributed by atoms with van der Waals surface area (Å²) < 4.78 is 0. The molecule has 1 aromatic heterocycles. The average molecular weight is 346 g/mol. The Morgan fingerprint density at radius 3 is 2.54 bits per heavy atom. The van der Waals surface area contributed by atoms with Crippen molar-refractivity contribution in [3.63, 3.8) is 0 Å². The molecule has 0 saturated carbocycles. The van der Waals surface area contributed by atoms with Crippen LogP contribution in [0.3, 0.4) is 0 Å². The number of quaternary nitrogens is 1. The molecule has 2 rings (SSSR count). The van der Waals surface area contributed by atoms with Crippen molar-refractivity contribution in [3.05, 3.63) is 58.3 Å². The van der Waals surface area contributed by atoms with E-state index in [4.69, 9.17) is 0 Å². The second-order valence-corrected chi connectivity index (χ2v) is 6.51. The van der Waals surface area contributed by atoms with E-state index in [9.17, 15) is 9.59 Å². The zero-order chi connectivity index (χ0) is 17.4. The molecule has 5 nitrogen and oxygen atoms in total. The molecule has 2 aromatic rings. The van der Waals surface area contributed by atoms with Crippen LogP contribution in [0.2, 0.25) is 0 Å². The minimum absolute atomic E-state index is 0.0803. The molecule has 0 fully saturated rings. The van der Waals surface area contributed by atoms with Crippen molar-refractivity contribution in [2.45, 2.75) is 25.9 Å². The van der Waals surface area contributed by atoms with Crippen LogP contribution in [0.25, 0.3) is 0 Å². The number of hydrogen-bond acceptors (Lipinski definition) is 3. The minimum atomic E-state index is -0.525. The van der Waals surface area contributed by atoms with Crippen molar-refractivity contribution in [2.75, 3.05) is 13.1 Å². The summed E-state index contributed by atoms with van der Waals surface area (Å²) in [5.74, 6) is -0.310. The Balaban J connectivity index is 1.96. The molecule has 0 radical (unpaired) electrons. The smallest absolute Gasteiger partial charge is 0.275 e. The highest BCUT2D eigenvalue weighted by atomic mass is 32.1. The van der Waals surface area contributed by atoms with E-state index in [0.29, 0.717) is 6.54 Å². The monoisotopic (exact) mass is 346 g/mol. The van der Waals surface area contributed by atoms with Gasteiger partial charge in [-0.3, -0.25) is 9.59 Å². The van der Waals surface area contributed by atoms with Gasteiger partial charge < -0.3 is 16.0 Å². The highest BCUT2D eigenvalue weighted by Crippen LogP contribution is 2.22. The van der Waals surface area contributed by atoms with Crippen LogP contribution in [0.4, 0.5) is 0 Å². The van der Waals surface area contributed by atoms with Crippen LogP contribution < -0.4 is 16.0 Å². The van der Waals surface area contributed by atoms with E-state index in [1.807, 2.05) is 41.9 Å². The fourth-order valence-electron chi connectivity index (χ4n) is 2.46. The molecule has 0 aliphatic heterocycles. The second-order valence-electron chi connectivity index (χ2n) is 5.53. The lowest BCUT2D eigenvalue weighted by molar-refractivity contribution is -0.676. The van der Waals surface area contributed by atoms with E-state index in [2.05, 4.69) is 28.8 Å². The van der Waals surface area contributed by atoms with Crippen molar-refractivity contribution in [1.82, 2.24) is 10.6 Å². The maximum atomic E-state index is 12.1. The molecule has 0 aliphatic rings. The fourth-order valence-corrected chi connectivity index (χ4v) is 3.31. The third-order valence-electron chi connectivity index (χ3n) is 3.67. The molecule has 4 N–H and O–H groups in total. The van der Waals surface area contributed by atoms with Crippen LogP contribution in [0, 0.1) is 0 Å². The lowest BCUT2D eigenvalue weighted by Gasteiger charge is -2.16. The van der Waals surface area contributed by atoms with Gasteiger partial charge in [0.2, 0.25) is 5.91 Å². The number of thiophene rings is 1. The van der Waals surface area contributed by atoms with E-state index in [-0.39, 0.29) is 24.4 Å². The maximum absolute atomic E-state index is 12.1. The average Bonchev–Trinajstić information content (AvgIpc) is 3.10. The number of rotatable bonds is 8. The van der Waals surface area contributed by atoms with Gasteiger partial charge in [0.15, 0.2) is 6.54 Å². The van der Waals surface area contributed by atoms with Gasteiger partial charge in [0.25, 0.3) is 5.91 Å². The maximum Gasteiger partial charge on any atom is 0.275 e. The first-order valence-corrected chi connectivity index (χ1v) is 8.98. The molecule has 0 unspecified atom stereocenters. The van der Waals surface area contributed by atoms with E-state index >= 15 is 0 Å². The van der Waals surface area contributed by atoms with Crippen LogP contribution >= 0.6 is 11.3 Å². The number of hydrogen-bond donors (Lipinski definition) is 3. The first kappa shape index (κ1) is 18.2. The number of benzene rings is 1. The van der Waals surface area contributed by atoms with Crippen molar-refractivity contribution in [1.29, 1.82) is 0 Å². The van der Waals surface area contributed by atoms with Crippen molar-refractivity contribution < 1.29 is 14.9 Å². The summed E-state index contributed by atoms with van der Waals surface area (Å²) in [5.41, 5.74) is 1.16.